The minimum absolute atomic E-state index is 0.431. The Morgan fingerprint density at radius 3 is 2.33 bits per heavy atom. The number of hydrogen-bond donors (Lipinski definition) is 1. The van der Waals surface area contributed by atoms with Gasteiger partial charge in [0.1, 0.15) is 6.04 Å². The van der Waals surface area contributed by atoms with Crippen LogP contribution in [0.2, 0.25) is 5.02 Å². The first-order valence-electron chi connectivity index (χ1n) is 7.25. The lowest BCUT2D eigenvalue weighted by Gasteiger charge is -2.26. The number of sulfonamides is 1. The zero-order valence-electron chi connectivity index (χ0n) is 13.7. The maximum Gasteiger partial charge on any atom is 0.247 e. The molecule has 0 aliphatic heterocycles. The van der Waals surface area contributed by atoms with Crippen LogP contribution >= 0.6 is 11.6 Å². The molecule has 0 aliphatic carbocycles. The number of nitrogens with one attached hydrogen (secondary N) is 1. The van der Waals surface area contributed by atoms with Gasteiger partial charge in [-0.1, -0.05) is 41.9 Å². The molecule has 0 fully saturated rings. The minimum Gasteiger partial charge on any atom is -0.324 e. The summed E-state index contributed by atoms with van der Waals surface area (Å²) in [6.07, 6.45) is 1.07. The molecule has 1 atom stereocenters. The highest BCUT2D eigenvalue weighted by atomic mass is 35.5. The number of likely N-dealkylation sites (N-methyl/N-ethyl adjacent to an activating group) is 1. The molecule has 7 heteroatoms. The summed E-state index contributed by atoms with van der Waals surface area (Å²) in [7, 11) is -2.16. The van der Waals surface area contributed by atoms with Crippen LogP contribution in [0.25, 0.3) is 0 Å². The van der Waals surface area contributed by atoms with Crippen LogP contribution in [0.15, 0.2) is 48.5 Å². The Morgan fingerprint density at radius 2 is 1.79 bits per heavy atom. The first-order valence-corrected chi connectivity index (χ1v) is 9.48. The summed E-state index contributed by atoms with van der Waals surface area (Å²) in [6.45, 7) is 1.82. The molecule has 24 heavy (non-hydrogen) atoms. The Hall–Kier alpha value is -1.89. The molecule has 0 aromatic heterocycles. The third-order valence-corrected chi connectivity index (χ3v) is 5.19. The van der Waals surface area contributed by atoms with Gasteiger partial charge in [-0.25, -0.2) is 8.42 Å². The van der Waals surface area contributed by atoms with Crippen molar-refractivity contribution < 1.29 is 13.2 Å². The summed E-state index contributed by atoms with van der Waals surface area (Å²) in [5.74, 6) is -0.431. The Balaban J connectivity index is 2.38. The van der Waals surface area contributed by atoms with E-state index in [2.05, 4.69) is 5.32 Å². The van der Waals surface area contributed by atoms with Crippen molar-refractivity contribution >= 4 is 33.2 Å². The van der Waals surface area contributed by atoms with Gasteiger partial charge in [-0.3, -0.25) is 4.79 Å². The van der Waals surface area contributed by atoms with Crippen LogP contribution in [0.4, 0.5) is 5.69 Å². The average molecular weight is 367 g/mol. The van der Waals surface area contributed by atoms with E-state index in [4.69, 9.17) is 11.6 Å². The number of amides is 1. The average Bonchev–Trinajstić information content (AvgIpc) is 2.50. The van der Waals surface area contributed by atoms with Crippen molar-refractivity contribution in [3.05, 3.63) is 64.7 Å². The van der Waals surface area contributed by atoms with Crippen molar-refractivity contribution in [2.45, 2.75) is 13.0 Å². The molecule has 0 saturated carbocycles. The highest BCUT2D eigenvalue weighted by Gasteiger charge is 2.30. The number of hydrogen-bond acceptors (Lipinski definition) is 3. The van der Waals surface area contributed by atoms with E-state index in [-0.39, 0.29) is 0 Å². The zero-order chi connectivity index (χ0) is 17.9. The van der Waals surface area contributed by atoms with Gasteiger partial charge >= 0.3 is 0 Å². The maximum absolute atomic E-state index is 12.8. The molecule has 128 valence electrons. The fourth-order valence-electron chi connectivity index (χ4n) is 2.32. The first-order chi connectivity index (χ1) is 11.2. The molecule has 2 aromatic rings. The van der Waals surface area contributed by atoms with Crippen molar-refractivity contribution in [3.63, 3.8) is 0 Å². The third-order valence-electron chi connectivity index (χ3n) is 3.70. The summed E-state index contributed by atoms with van der Waals surface area (Å²) in [5, 5.41) is 3.35. The van der Waals surface area contributed by atoms with E-state index in [9.17, 15) is 13.2 Å². The van der Waals surface area contributed by atoms with Gasteiger partial charge in [-0.05, 0) is 36.2 Å². The van der Waals surface area contributed by atoms with E-state index >= 15 is 0 Å². The molecule has 2 rings (SSSR count). The fourth-order valence-corrected chi connectivity index (χ4v) is 3.15. The van der Waals surface area contributed by atoms with E-state index in [1.807, 2.05) is 13.0 Å². The highest BCUT2D eigenvalue weighted by Crippen LogP contribution is 2.25. The van der Waals surface area contributed by atoms with E-state index in [1.165, 1.54) is 7.05 Å². The number of nitrogens with zero attached hydrogens (tertiary/aromatic N) is 1. The molecule has 0 saturated heterocycles. The van der Waals surface area contributed by atoms with Gasteiger partial charge < -0.3 is 5.32 Å². The Labute approximate surface area is 147 Å². The number of carbonyl (C=O) groups is 1. The number of carbonyl (C=O) groups excluding carboxylic acids is 1. The van der Waals surface area contributed by atoms with Crippen molar-refractivity contribution in [3.8, 4) is 0 Å². The quantitative estimate of drug-likeness (QED) is 0.883. The molecular weight excluding hydrogens is 348 g/mol. The Morgan fingerprint density at radius 1 is 1.17 bits per heavy atom. The first kappa shape index (κ1) is 18.4. The standard InChI is InChI=1S/C17H19ClN2O3S/c1-12-11-14(18)9-10-15(12)19-17(21)16(20(2)24(3,22)23)13-7-5-4-6-8-13/h4-11,16H,1-3H3,(H,19,21)/t16-/m0/s1. The van der Waals surface area contributed by atoms with Crippen molar-refractivity contribution in [1.29, 1.82) is 0 Å². The summed E-state index contributed by atoms with van der Waals surface area (Å²) in [4.78, 5) is 12.8. The van der Waals surface area contributed by atoms with Crippen LogP contribution in [-0.4, -0.2) is 31.9 Å². The van der Waals surface area contributed by atoms with Crippen LogP contribution < -0.4 is 5.32 Å². The largest absolute Gasteiger partial charge is 0.324 e. The lowest BCUT2D eigenvalue weighted by atomic mass is 10.1. The molecule has 1 amide bonds. The van der Waals surface area contributed by atoms with E-state index in [0.29, 0.717) is 16.3 Å². The lowest BCUT2D eigenvalue weighted by Crippen LogP contribution is -2.38. The molecular formula is C17H19ClN2O3S. The maximum atomic E-state index is 12.8. The van der Waals surface area contributed by atoms with Crippen LogP contribution in [0.5, 0.6) is 0 Å². The molecule has 0 bridgehead atoms. The second-order valence-electron chi connectivity index (χ2n) is 5.54. The molecule has 1 N–H and O–H groups in total. The molecule has 0 spiro atoms. The summed E-state index contributed by atoms with van der Waals surface area (Å²) in [6, 6.07) is 12.9. The summed E-state index contributed by atoms with van der Waals surface area (Å²) < 4.78 is 24.9. The SMILES string of the molecule is Cc1cc(Cl)ccc1NC(=O)[C@H](c1ccccc1)N(C)S(C)(=O)=O. The number of halogens is 1. The van der Waals surface area contributed by atoms with E-state index < -0.39 is 22.0 Å². The van der Waals surface area contributed by atoms with Gasteiger partial charge in [-0.2, -0.15) is 4.31 Å². The molecule has 0 heterocycles. The number of benzene rings is 2. The zero-order valence-corrected chi connectivity index (χ0v) is 15.2. The Bertz CT molecular complexity index is 838. The van der Waals surface area contributed by atoms with Gasteiger partial charge in [0.15, 0.2) is 0 Å². The van der Waals surface area contributed by atoms with Gasteiger partial charge in [-0.15, -0.1) is 0 Å². The number of anilines is 1. The van der Waals surface area contributed by atoms with E-state index in [1.54, 1.807) is 42.5 Å². The normalized spacial score (nSPS) is 12.9. The smallest absolute Gasteiger partial charge is 0.247 e. The second kappa shape index (κ2) is 7.34. The summed E-state index contributed by atoms with van der Waals surface area (Å²) >= 11 is 5.92. The fraction of sp³-hybridized carbons (Fsp3) is 0.235. The van der Waals surface area contributed by atoms with Crippen molar-refractivity contribution in [2.24, 2.45) is 0 Å². The van der Waals surface area contributed by atoms with Gasteiger partial charge in [0.2, 0.25) is 15.9 Å². The van der Waals surface area contributed by atoms with Crippen molar-refractivity contribution in [2.75, 3.05) is 18.6 Å². The highest BCUT2D eigenvalue weighted by molar-refractivity contribution is 7.88. The molecule has 2 aromatic carbocycles. The predicted molar refractivity (Wildman–Crippen MR) is 96.6 cm³/mol. The lowest BCUT2D eigenvalue weighted by molar-refractivity contribution is -0.119. The topological polar surface area (TPSA) is 66.5 Å². The molecule has 0 aliphatic rings. The van der Waals surface area contributed by atoms with Crippen molar-refractivity contribution in [1.82, 2.24) is 4.31 Å². The second-order valence-corrected chi connectivity index (χ2v) is 8.02. The van der Waals surface area contributed by atoms with E-state index in [0.717, 1.165) is 16.1 Å². The van der Waals surface area contributed by atoms with Gasteiger partial charge in [0.25, 0.3) is 0 Å². The van der Waals surface area contributed by atoms with Crippen LogP contribution in [-0.2, 0) is 14.8 Å². The molecule has 0 unspecified atom stereocenters. The van der Waals surface area contributed by atoms with Crippen LogP contribution in [0.1, 0.15) is 17.2 Å². The Kier molecular flexibility index (Phi) is 5.64. The van der Waals surface area contributed by atoms with Crippen LogP contribution in [0, 0.1) is 6.92 Å². The van der Waals surface area contributed by atoms with Gasteiger partial charge in [0, 0.05) is 17.8 Å². The molecule has 0 radical (unpaired) electrons. The minimum atomic E-state index is -3.55. The number of aryl methyl sites for hydroxylation is 1. The monoisotopic (exact) mass is 366 g/mol. The van der Waals surface area contributed by atoms with Crippen LogP contribution in [0.3, 0.4) is 0 Å². The number of rotatable bonds is 5. The molecule has 5 nitrogen and oxygen atoms in total. The van der Waals surface area contributed by atoms with Gasteiger partial charge in [0.05, 0.1) is 6.26 Å². The summed E-state index contributed by atoms with van der Waals surface area (Å²) in [5.41, 5.74) is 1.98. The predicted octanol–water partition coefficient (Wildman–Crippen LogP) is 3.22. The third kappa shape index (κ3) is 4.35.